The van der Waals surface area contributed by atoms with Gasteiger partial charge in [-0.1, -0.05) is 17.7 Å². The molecule has 0 amide bonds. The second kappa shape index (κ2) is 3.96. The van der Waals surface area contributed by atoms with Crippen LogP contribution < -0.4 is 5.73 Å². The summed E-state index contributed by atoms with van der Waals surface area (Å²) in [5.41, 5.74) is 4.56. The van der Waals surface area contributed by atoms with Crippen LogP contribution in [0.15, 0.2) is 30.3 Å². The fourth-order valence-electron chi connectivity index (χ4n) is 1.41. The van der Waals surface area contributed by atoms with E-state index in [1.165, 1.54) is 18.2 Å². The van der Waals surface area contributed by atoms with E-state index >= 15 is 0 Å². The molecule has 1 heterocycles. The maximum Gasteiger partial charge on any atom is 0.433 e. The van der Waals surface area contributed by atoms with Crippen molar-refractivity contribution >= 4 is 17.4 Å². The Bertz CT molecular complexity index is 548. The molecular weight excluding hydrogens is 255 g/mol. The van der Waals surface area contributed by atoms with Gasteiger partial charge in [-0.25, -0.2) is 4.68 Å². The van der Waals surface area contributed by atoms with Crippen molar-refractivity contribution in [2.24, 2.45) is 0 Å². The molecule has 0 radical (unpaired) electrons. The van der Waals surface area contributed by atoms with Crippen LogP contribution in [0.5, 0.6) is 0 Å². The molecule has 2 aromatic rings. The molecule has 0 saturated carbocycles. The Kier molecular flexibility index (Phi) is 2.74. The fraction of sp³-hybridized carbons (Fsp3) is 0.100. The van der Waals surface area contributed by atoms with Gasteiger partial charge in [-0.05, 0) is 18.2 Å². The second-order valence-electron chi connectivity index (χ2n) is 3.34. The van der Waals surface area contributed by atoms with Crippen LogP contribution in [-0.4, -0.2) is 9.78 Å². The zero-order valence-electron chi connectivity index (χ0n) is 8.37. The third-order valence-corrected chi connectivity index (χ3v) is 2.31. The first kappa shape index (κ1) is 11.8. The molecule has 0 aliphatic heterocycles. The number of hydrogen-bond donors (Lipinski definition) is 1. The fourth-order valence-corrected chi connectivity index (χ4v) is 1.59. The van der Waals surface area contributed by atoms with Gasteiger partial charge in [-0.3, -0.25) is 0 Å². The third-order valence-electron chi connectivity index (χ3n) is 2.07. The van der Waals surface area contributed by atoms with Crippen LogP contribution in [0.25, 0.3) is 5.69 Å². The summed E-state index contributed by atoms with van der Waals surface area (Å²) >= 11 is 5.71. The Morgan fingerprint density at radius 1 is 1.24 bits per heavy atom. The number of alkyl halides is 3. The molecule has 2 rings (SSSR count). The lowest BCUT2D eigenvalue weighted by atomic mass is 10.3. The van der Waals surface area contributed by atoms with Crippen molar-refractivity contribution in [3.8, 4) is 5.69 Å². The molecule has 7 heteroatoms. The molecule has 0 aliphatic carbocycles. The standard InChI is InChI=1S/C10H7ClF3N3/c11-6-2-1-3-7(4-6)17-8(10(12,13)14)5-9(15)16-17/h1-5H,(H2,15,16). The van der Waals surface area contributed by atoms with Crippen molar-refractivity contribution in [2.75, 3.05) is 5.73 Å². The van der Waals surface area contributed by atoms with Crippen molar-refractivity contribution in [3.63, 3.8) is 0 Å². The van der Waals surface area contributed by atoms with E-state index in [1.807, 2.05) is 0 Å². The van der Waals surface area contributed by atoms with Gasteiger partial charge in [-0.2, -0.15) is 18.3 Å². The highest BCUT2D eigenvalue weighted by molar-refractivity contribution is 6.30. The van der Waals surface area contributed by atoms with Gasteiger partial charge in [0.15, 0.2) is 0 Å². The summed E-state index contributed by atoms with van der Waals surface area (Å²) in [5.74, 6) is -0.197. The zero-order valence-corrected chi connectivity index (χ0v) is 9.13. The molecule has 1 aromatic heterocycles. The average molecular weight is 262 g/mol. The molecule has 0 bridgehead atoms. The molecule has 0 atom stereocenters. The molecule has 0 fully saturated rings. The normalized spacial score (nSPS) is 11.8. The topological polar surface area (TPSA) is 43.8 Å². The Labute approximate surface area is 99.6 Å². The van der Waals surface area contributed by atoms with Crippen LogP contribution in [0.3, 0.4) is 0 Å². The first-order valence-corrected chi connectivity index (χ1v) is 4.94. The van der Waals surface area contributed by atoms with Crippen molar-refractivity contribution in [2.45, 2.75) is 6.18 Å². The molecule has 0 aliphatic rings. The van der Waals surface area contributed by atoms with Gasteiger partial charge in [0.2, 0.25) is 0 Å². The predicted octanol–water partition coefficient (Wildman–Crippen LogP) is 3.13. The molecule has 1 aromatic carbocycles. The van der Waals surface area contributed by atoms with E-state index in [0.717, 1.165) is 10.7 Å². The minimum Gasteiger partial charge on any atom is -0.382 e. The monoisotopic (exact) mass is 261 g/mol. The van der Waals surface area contributed by atoms with Gasteiger partial charge in [0.05, 0.1) is 5.69 Å². The summed E-state index contributed by atoms with van der Waals surface area (Å²) in [5, 5.41) is 3.93. The summed E-state index contributed by atoms with van der Waals surface area (Å²) in [7, 11) is 0. The molecule has 90 valence electrons. The van der Waals surface area contributed by atoms with E-state index in [-0.39, 0.29) is 11.5 Å². The molecule has 0 saturated heterocycles. The highest BCUT2D eigenvalue weighted by Crippen LogP contribution is 2.32. The number of halogens is 4. The summed E-state index contributed by atoms with van der Waals surface area (Å²) in [6, 6.07) is 6.72. The number of anilines is 1. The lowest BCUT2D eigenvalue weighted by Gasteiger charge is -2.09. The van der Waals surface area contributed by atoms with Crippen LogP contribution in [-0.2, 0) is 6.18 Å². The van der Waals surface area contributed by atoms with E-state index in [2.05, 4.69) is 5.10 Å². The number of rotatable bonds is 1. The van der Waals surface area contributed by atoms with E-state index in [0.29, 0.717) is 5.02 Å². The highest BCUT2D eigenvalue weighted by Gasteiger charge is 2.36. The molecule has 2 N–H and O–H groups in total. The first-order valence-electron chi connectivity index (χ1n) is 4.56. The van der Waals surface area contributed by atoms with Crippen molar-refractivity contribution in [3.05, 3.63) is 41.0 Å². The number of hydrogen-bond acceptors (Lipinski definition) is 2. The quantitative estimate of drug-likeness (QED) is 0.857. The number of nitrogens with zero attached hydrogens (tertiary/aromatic N) is 2. The average Bonchev–Trinajstić information content (AvgIpc) is 2.60. The molecule has 17 heavy (non-hydrogen) atoms. The van der Waals surface area contributed by atoms with Crippen LogP contribution >= 0.6 is 11.6 Å². The van der Waals surface area contributed by atoms with E-state index in [4.69, 9.17) is 17.3 Å². The molecule has 0 unspecified atom stereocenters. The highest BCUT2D eigenvalue weighted by atomic mass is 35.5. The Hall–Kier alpha value is -1.69. The van der Waals surface area contributed by atoms with Gasteiger partial charge < -0.3 is 5.73 Å². The Balaban J connectivity index is 2.60. The third kappa shape index (κ3) is 2.36. The van der Waals surface area contributed by atoms with E-state index in [9.17, 15) is 13.2 Å². The van der Waals surface area contributed by atoms with Crippen molar-refractivity contribution < 1.29 is 13.2 Å². The predicted molar refractivity (Wildman–Crippen MR) is 58.0 cm³/mol. The minimum atomic E-state index is -4.52. The summed E-state index contributed by atoms with van der Waals surface area (Å²) in [6.07, 6.45) is -4.52. The largest absolute Gasteiger partial charge is 0.433 e. The Morgan fingerprint density at radius 2 is 1.94 bits per heavy atom. The van der Waals surface area contributed by atoms with Gasteiger partial charge in [0.1, 0.15) is 11.5 Å². The number of nitrogen functional groups attached to an aromatic ring is 1. The minimum absolute atomic E-state index is 0.197. The van der Waals surface area contributed by atoms with Crippen molar-refractivity contribution in [1.29, 1.82) is 0 Å². The summed E-state index contributed by atoms with van der Waals surface area (Å²) < 4.78 is 38.8. The lowest BCUT2D eigenvalue weighted by Crippen LogP contribution is -2.13. The molecule has 3 nitrogen and oxygen atoms in total. The smallest absolute Gasteiger partial charge is 0.382 e. The van der Waals surface area contributed by atoms with E-state index < -0.39 is 11.9 Å². The van der Waals surface area contributed by atoms with E-state index in [1.54, 1.807) is 6.07 Å². The van der Waals surface area contributed by atoms with Crippen LogP contribution in [0.4, 0.5) is 19.0 Å². The van der Waals surface area contributed by atoms with Gasteiger partial charge in [0, 0.05) is 11.1 Å². The summed E-state index contributed by atoms with van der Waals surface area (Å²) in [6.45, 7) is 0. The SMILES string of the molecule is Nc1cc(C(F)(F)F)n(-c2cccc(Cl)c2)n1. The number of nitrogens with two attached hydrogens (primary N) is 1. The molecule has 0 spiro atoms. The maximum atomic E-state index is 12.7. The van der Waals surface area contributed by atoms with Crippen LogP contribution in [0, 0.1) is 0 Å². The lowest BCUT2D eigenvalue weighted by molar-refractivity contribution is -0.142. The number of benzene rings is 1. The number of aromatic nitrogens is 2. The van der Waals surface area contributed by atoms with Gasteiger partial charge >= 0.3 is 6.18 Å². The second-order valence-corrected chi connectivity index (χ2v) is 3.78. The van der Waals surface area contributed by atoms with Gasteiger partial charge in [0.25, 0.3) is 0 Å². The zero-order chi connectivity index (χ0) is 12.6. The maximum absolute atomic E-state index is 12.7. The Morgan fingerprint density at radius 3 is 2.53 bits per heavy atom. The van der Waals surface area contributed by atoms with Crippen molar-refractivity contribution in [1.82, 2.24) is 9.78 Å². The molecular formula is C10H7ClF3N3. The van der Waals surface area contributed by atoms with Crippen LogP contribution in [0.2, 0.25) is 5.02 Å². The summed E-state index contributed by atoms with van der Waals surface area (Å²) in [4.78, 5) is 0. The van der Waals surface area contributed by atoms with Crippen LogP contribution in [0.1, 0.15) is 5.69 Å². The van der Waals surface area contributed by atoms with Gasteiger partial charge in [-0.15, -0.1) is 0 Å². The first-order chi connectivity index (χ1) is 7.88.